The summed E-state index contributed by atoms with van der Waals surface area (Å²) < 4.78 is 3.80. The summed E-state index contributed by atoms with van der Waals surface area (Å²) >= 11 is 0. The van der Waals surface area contributed by atoms with Crippen LogP contribution in [0.4, 0.5) is 17.1 Å². The normalized spacial score (nSPS) is 14.5. The number of hydrogen-bond acceptors (Lipinski definition) is 7. The molecule has 46 heavy (non-hydrogen) atoms. The van der Waals surface area contributed by atoms with Crippen LogP contribution in [0.1, 0.15) is 35.0 Å². The number of amides is 1. The molecule has 1 amide bonds. The van der Waals surface area contributed by atoms with Gasteiger partial charge in [-0.15, -0.1) is 0 Å². The van der Waals surface area contributed by atoms with Crippen LogP contribution in [0.3, 0.4) is 0 Å². The van der Waals surface area contributed by atoms with Crippen molar-refractivity contribution >= 4 is 44.8 Å². The minimum atomic E-state index is -0.877. The number of anilines is 3. The van der Waals surface area contributed by atoms with Gasteiger partial charge < -0.3 is 35.4 Å². The van der Waals surface area contributed by atoms with E-state index in [1.54, 1.807) is 18.3 Å². The number of fused-ring (bicyclic) bond motifs is 2. The molecule has 6 aromatic rings. The van der Waals surface area contributed by atoms with E-state index in [4.69, 9.17) is 0 Å². The molecule has 7 rings (SSSR count). The van der Waals surface area contributed by atoms with E-state index in [2.05, 4.69) is 20.6 Å². The minimum Gasteiger partial charge on any atom is -0.395 e. The summed E-state index contributed by atoms with van der Waals surface area (Å²) in [5.41, 5.74) is 6.57. The maximum absolute atomic E-state index is 13.0. The number of benzene rings is 4. The molecule has 234 valence electrons. The monoisotopic (exact) mass is 616 g/mol. The van der Waals surface area contributed by atoms with Gasteiger partial charge >= 0.3 is 0 Å². The molecule has 1 saturated heterocycles. The Hall–Kier alpha value is -5.16. The first kappa shape index (κ1) is 29.5. The zero-order chi connectivity index (χ0) is 31.6. The van der Waals surface area contributed by atoms with Gasteiger partial charge in [-0.1, -0.05) is 12.1 Å². The highest BCUT2D eigenvalue weighted by atomic mass is 16.3. The molecule has 0 saturated carbocycles. The van der Waals surface area contributed by atoms with Crippen LogP contribution in [0.2, 0.25) is 0 Å². The molecule has 2 aromatic heterocycles. The van der Waals surface area contributed by atoms with Crippen molar-refractivity contribution in [1.82, 2.24) is 14.3 Å². The Morgan fingerprint density at radius 2 is 1.54 bits per heavy atom. The lowest BCUT2D eigenvalue weighted by atomic mass is 10.1. The highest BCUT2D eigenvalue weighted by molar-refractivity contribution is 6.05. The van der Waals surface area contributed by atoms with Crippen molar-refractivity contribution in [2.24, 2.45) is 0 Å². The lowest BCUT2D eigenvalue weighted by molar-refractivity contribution is 0.102. The van der Waals surface area contributed by atoms with Crippen LogP contribution in [-0.4, -0.2) is 61.4 Å². The van der Waals surface area contributed by atoms with Crippen LogP contribution in [0.25, 0.3) is 27.5 Å². The average Bonchev–Trinajstić information content (AvgIpc) is 3.69. The van der Waals surface area contributed by atoms with Crippen molar-refractivity contribution in [1.29, 1.82) is 0 Å². The lowest BCUT2D eigenvalue weighted by Crippen LogP contribution is -2.35. The second-order valence-electron chi connectivity index (χ2n) is 11.7. The highest BCUT2D eigenvalue weighted by Gasteiger charge is 2.18. The second kappa shape index (κ2) is 12.7. The second-order valence-corrected chi connectivity index (χ2v) is 11.7. The van der Waals surface area contributed by atoms with Crippen LogP contribution in [-0.2, 0) is 6.54 Å². The van der Waals surface area contributed by atoms with Crippen molar-refractivity contribution in [2.45, 2.75) is 31.7 Å². The van der Waals surface area contributed by atoms with Gasteiger partial charge in [0.2, 0.25) is 0 Å². The van der Waals surface area contributed by atoms with E-state index in [9.17, 15) is 20.1 Å². The van der Waals surface area contributed by atoms with Crippen LogP contribution in [0.15, 0.2) is 103 Å². The fraction of sp³-hybridized carbons (Fsp3) is 0.222. The number of carbonyl (C=O) groups excluding carboxylic acids is 1. The summed E-state index contributed by atoms with van der Waals surface area (Å²) in [7, 11) is 0. The van der Waals surface area contributed by atoms with Gasteiger partial charge in [-0.2, -0.15) is 5.10 Å². The Balaban J connectivity index is 0.998. The molecule has 4 aromatic carbocycles. The summed E-state index contributed by atoms with van der Waals surface area (Å²) in [6.07, 6.45) is 4.16. The third-order valence-corrected chi connectivity index (χ3v) is 8.65. The highest BCUT2D eigenvalue weighted by Crippen LogP contribution is 2.27. The number of nitrogens with zero attached hydrogens (tertiary/aromatic N) is 4. The summed E-state index contributed by atoms with van der Waals surface area (Å²) in [6, 6.07) is 28.7. The van der Waals surface area contributed by atoms with Crippen molar-refractivity contribution in [3.8, 4) is 5.69 Å². The molecule has 0 radical (unpaired) electrons. The largest absolute Gasteiger partial charge is 0.395 e. The molecular formula is C36H36N6O4. The smallest absolute Gasteiger partial charge is 0.255 e. The van der Waals surface area contributed by atoms with Gasteiger partial charge in [0.15, 0.2) is 6.23 Å². The number of aliphatic hydroxyl groups is 3. The number of aliphatic hydroxyl groups excluding tert-OH is 3. The van der Waals surface area contributed by atoms with E-state index in [1.807, 2.05) is 94.3 Å². The van der Waals surface area contributed by atoms with Crippen molar-refractivity contribution in [2.75, 3.05) is 35.2 Å². The first-order valence-corrected chi connectivity index (χ1v) is 15.5. The SMILES string of the molecule is O=C(Nc1ccc2c(ccn2CCO)c1)c1ccc(-n2ncc3cc(NC(O)c4ccc(N5CCC(O)CC5)cc4)ccc32)cc1. The molecule has 0 aliphatic carbocycles. The summed E-state index contributed by atoms with van der Waals surface area (Å²) in [4.78, 5) is 15.2. The Kier molecular flexibility index (Phi) is 8.15. The number of rotatable bonds is 9. The zero-order valence-electron chi connectivity index (χ0n) is 25.3. The van der Waals surface area contributed by atoms with Crippen LogP contribution in [0.5, 0.6) is 0 Å². The van der Waals surface area contributed by atoms with Crippen LogP contribution in [0, 0.1) is 0 Å². The summed E-state index contributed by atoms with van der Waals surface area (Å²) in [5, 5.41) is 42.5. The lowest BCUT2D eigenvalue weighted by Gasteiger charge is -2.31. The van der Waals surface area contributed by atoms with E-state index in [1.165, 1.54) is 0 Å². The first-order valence-electron chi connectivity index (χ1n) is 15.5. The van der Waals surface area contributed by atoms with Gasteiger partial charge in [0, 0.05) is 70.3 Å². The molecule has 1 unspecified atom stereocenters. The molecular weight excluding hydrogens is 580 g/mol. The Morgan fingerprint density at radius 3 is 2.30 bits per heavy atom. The molecule has 1 aliphatic rings. The van der Waals surface area contributed by atoms with E-state index < -0.39 is 6.23 Å². The van der Waals surface area contributed by atoms with E-state index >= 15 is 0 Å². The maximum atomic E-state index is 13.0. The molecule has 0 spiro atoms. The Morgan fingerprint density at radius 1 is 0.848 bits per heavy atom. The average molecular weight is 617 g/mol. The quantitative estimate of drug-likeness (QED) is 0.140. The van der Waals surface area contributed by atoms with Gasteiger partial charge in [-0.25, -0.2) is 4.68 Å². The topological polar surface area (TPSA) is 128 Å². The van der Waals surface area contributed by atoms with Crippen LogP contribution < -0.4 is 15.5 Å². The fourth-order valence-corrected chi connectivity index (χ4v) is 6.10. The number of nitrogens with one attached hydrogen (secondary N) is 2. The van der Waals surface area contributed by atoms with Crippen molar-refractivity contribution < 1.29 is 20.1 Å². The molecule has 3 heterocycles. The van der Waals surface area contributed by atoms with Gasteiger partial charge in [0.05, 0.1) is 30.1 Å². The number of hydrogen-bond donors (Lipinski definition) is 5. The van der Waals surface area contributed by atoms with E-state index in [0.717, 1.165) is 70.4 Å². The molecule has 1 fully saturated rings. The molecule has 1 atom stereocenters. The summed E-state index contributed by atoms with van der Waals surface area (Å²) in [5.74, 6) is -0.207. The van der Waals surface area contributed by atoms with Gasteiger partial charge in [0.1, 0.15) is 0 Å². The Bertz CT molecular complexity index is 1970. The number of piperidine rings is 1. The fourth-order valence-electron chi connectivity index (χ4n) is 6.10. The molecule has 1 aliphatic heterocycles. The standard InChI is InChI=1S/C36H36N6O4/c43-20-19-41-16-13-26-21-28(5-11-33(26)41)38-36(46)25-3-9-31(10-4-25)42-34-12-6-29(22-27(34)23-37-42)39-35(45)24-1-7-30(8-2-24)40-17-14-32(44)15-18-40/h1-13,16,21-23,32,35,39,43-45H,14-15,17-20H2,(H,38,46). The molecule has 10 nitrogen and oxygen atoms in total. The minimum absolute atomic E-state index is 0.0678. The Labute approximate surface area is 266 Å². The zero-order valence-corrected chi connectivity index (χ0v) is 25.3. The van der Waals surface area contributed by atoms with E-state index in [0.29, 0.717) is 17.8 Å². The van der Waals surface area contributed by atoms with E-state index in [-0.39, 0.29) is 18.6 Å². The van der Waals surface area contributed by atoms with Crippen molar-refractivity contribution in [3.63, 3.8) is 0 Å². The molecule has 5 N–H and O–H groups in total. The third kappa shape index (κ3) is 6.05. The van der Waals surface area contributed by atoms with Crippen LogP contribution >= 0.6 is 0 Å². The van der Waals surface area contributed by atoms with Gasteiger partial charge in [-0.3, -0.25) is 4.79 Å². The predicted octanol–water partition coefficient (Wildman–Crippen LogP) is 5.29. The summed E-state index contributed by atoms with van der Waals surface area (Å²) in [6.45, 7) is 2.25. The van der Waals surface area contributed by atoms with Crippen molar-refractivity contribution in [3.05, 3.63) is 115 Å². The van der Waals surface area contributed by atoms with Gasteiger partial charge in [0.25, 0.3) is 5.91 Å². The maximum Gasteiger partial charge on any atom is 0.255 e. The molecule has 10 heteroatoms. The molecule has 0 bridgehead atoms. The van der Waals surface area contributed by atoms with Gasteiger partial charge in [-0.05, 0) is 91.7 Å². The third-order valence-electron chi connectivity index (χ3n) is 8.65. The predicted molar refractivity (Wildman–Crippen MR) is 181 cm³/mol. The first-order chi connectivity index (χ1) is 22.4. The number of carbonyl (C=O) groups is 1. The number of aromatic nitrogens is 3.